The van der Waals surface area contributed by atoms with Gasteiger partial charge in [0.15, 0.2) is 0 Å². The van der Waals surface area contributed by atoms with E-state index in [0.29, 0.717) is 34.7 Å². The van der Waals surface area contributed by atoms with Gasteiger partial charge in [0, 0.05) is 30.8 Å². The Morgan fingerprint density at radius 3 is 2.53 bits per heavy atom. The average Bonchev–Trinajstić information content (AvgIpc) is 2.72. The summed E-state index contributed by atoms with van der Waals surface area (Å²) < 4.78 is 5.62. The van der Waals surface area contributed by atoms with Gasteiger partial charge in [-0.1, -0.05) is 43.6 Å². The Bertz CT molecular complexity index is 894. The maximum atomic E-state index is 12.6. The van der Waals surface area contributed by atoms with Gasteiger partial charge in [0.05, 0.1) is 24.1 Å². The lowest BCUT2D eigenvalue weighted by Crippen LogP contribution is -2.32. The van der Waals surface area contributed by atoms with E-state index in [-0.39, 0.29) is 37.6 Å². The van der Waals surface area contributed by atoms with Crippen molar-refractivity contribution >= 4 is 34.8 Å². The molecule has 0 aromatic heterocycles. The summed E-state index contributed by atoms with van der Waals surface area (Å²) in [5.41, 5.74) is 1.25. The van der Waals surface area contributed by atoms with Crippen molar-refractivity contribution in [3.63, 3.8) is 0 Å². The van der Waals surface area contributed by atoms with E-state index in [0.717, 1.165) is 0 Å². The highest BCUT2D eigenvalue weighted by Gasteiger charge is 2.17. The van der Waals surface area contributed by atoms with Crippen LogP contribution in [-0.2, 0) is 9.59 Å². The second-order valence-corrected chi connectivity index (χ2v) is 7.59. The molecule has 0 fully saturated rings. The number of carbonyl (C=O) groups excluding carboxylic acids is 2. The summed E-state index contributed by atoms with van der Waals surface area (Å²) in [5, 5.41) is 12.0. The van der Waals surface area contributed by atoms with E-state index in [2.05, 4.69) is 5.32 Å². The van der Waals surface area contributed by atoms with E-state index in [1.165, 1.54) is 4.90 Å². The van der Waals surface area contributed by atoms with Crippen LogP contribution < -0.4 is 15.0 Å². The second kappa shape index (κ2) is 11.8. The van der Waals surface area contributed by atoms with Crippen LogP contribution in [-0.4, -0.2) is 25.0 Å². The van der Waals surface area contributed by atoms with Gasteiger partial charge in [-0.3, -0.25) is 9.59 Å². The van der Waals surface area contributed by atoms with Crippen LogP contribution in [0.3, 0.4) is 0 Å². The summed E-state index contributed by atoms with van der Waals surface area (Å²) >= 11 is 6.22. The third kappa shape index (κ3) is 7.41. The third-order valence-corrected chi connectivity index (χ3v) is 4.47. The van der Waals surface area contributed by atoms with Crippen molar-refractivity contribution in [1.82, 2.24) is 0 Å². The van der Waals surface area contributed by atoms with Crippen molar-refractivity contribution in [3.8, 4) is 11.8 Å². The van der Waals surface area contributed by atoms with E-state index < -0.39 is 0 Å². The highest BCUT2D eigenvalue weighted by atomic mass is 35.5. The first-order chi connectivity index (χ1) is 14.4. The molecule has 2 rings (SSSR count). The number of hydrogen-bond donors (Lipinski definition) is 1. The first-order valence-corrected chi connectivity index (χ1v) is 10.2. The number of nitrogens with one attached hydrogen (secondary N) is 1. The van der Waals surface area contributed by atoms with Crippen LogP contribution in [0.15, 0.2) is 48.5 Å². The minimum atomic E-state index is -0.288. The van der Waals surface area contributed by atoms with Crippen LogP contribution in [0.2, 0.25) is 5.02 Å². The summed E-state index contributed by atoms with van der Waals surface area (Å²) in [5.74, 6) is 0.446. The molecule has 0 aliphatic heterocycles. The van der Waals surface area contributed by atoms with Gasteiger partial charge in [0.2, 0.25) is 11.8 Å². The number of nitrogens with zero attached hydrogens (tertiary/aromatic N) is 2. The van der Waals surface area contributed by atoms with Crippen LogP contribution in [0.25, 0.3) is 0 Å². The van der Waals surface area contributed by atoms with E-state index in [4.69, 9.17) is 21.6 Å². The number of rotatable bonds is 10. The molecule has 2 amide bonds. The van der Waals surface area contributed by atoms with Gasteiger partial charge in [-0.25, -0.2) is 0 Å². The minimum Gasteiger partial charge on any atom is -0.492 e. The van der Waals surface area contributed by atoms with Crippen molar-refractivity contribution in [2.75, 3.05) is 23.4 Å². The number of amides is 2. The highest BCUT2D eigenvalue weighted by Crippen LogP contribution is 2.28. The highest BCUT2D eigenvalue weighted by molar-refractivity contribution is 6.32. The van der Waals surface area contributed by atoms with Gasteiger partial charge in [0.1, 0.15) is 5.75 Å². The molecular weight excluding hydrogens is 402 g/mol. The summed E-state index contributed by atoms with van der Waals surface area (Å²) in [6.45, 7) is 4.93. The van der Waals surface area contributed by atoms with Crippen molar-refractivity contribution in [2.24, 2.45) is 5.92 Å². The molecule has 0 saturated heterocycles. The maximum absolute atomic E-state index is 12.6. The fourth-order valence-electron chi connectivity index (χ4n) is 2.70. The molecule has 0 saturated carbocycles. The second-order valence-electron chi connectivity index (χ2n) is 7.19. The largest absolute Gasteiger partial charge is 0.492 e. The Kier molecular flexibility index (Phi) is 9.17. The van der Waals surface area contributed by atoms with Gasteiger partial charge in [-0.15, -0.1) is 0 Å². The predicted octanol–water partition coefficient (Wildman–Crippen LogP) is 5.04. The first kappa shape index (κ1) is 23.2. The Hall–Kier alpha value is -3.04. The van der Waals surface area contributed by atoms with Crippen molar-refractivity contribution in [2.45, 2.75) is 33.1 Å². The van der Waals surface area contributed by atoms with E-state index in [9.17, 15) is 9.59 Å². The number of benzene rings is 2. The van der Waals surface area contributed by atoms with Crippen LogP contribution in [0.1, 0.15) is 33.1 Å². The summed E-state index contributed by atoms with van der Waals surface area (Å²) in [6, 6.07) is 16.2. The van der Waals surface area contributed by atoms with Gasteiger partial charge in [-0.2, -0.15) is 5.26 Å². The number of halogens is 1. The van der Waals surface area contributed by atoms with E-state index in [1.807, 2.05) is 38.1 Å². The zero-order valence-electron chi connectivity index (χ0n) is 17.2. The summed E-state index contributed by atoms with van der Waals surface area (Å²) in [4.78, 5) is 26.5. The van der Waals surface area contributed by atoms with E-state index in [1.54, 1.807) is 30.3 Å². The van der Waals surface area contributed by atoms with Crippen molar-refractivity contribution in [3.05, 3.63) is 53.6 Å². The molecule has 2 aromatic carbocycles. The van der Waals surface area contributed by atoms with Gasteiger partial charge >= 0.3 is 0 Å². The lowest BCUT2D eigenvalue weighted by Gasteiger charge is -2.21. The third-order valence-electron chi connectivity index (χ3n) is 4.17. The first-order valence-electron chi connectivity index (χ1n) is 9.85. The van der Waals surface area contributed by atoms with Gasteiger partial charge in [0.25, 0.3) is 0 Å². The molecule has 0 spiro atoms. The maximum Gasteiger partial charge on any atom is 0.227 e. The fraction of sp³-hybridized carbons (Fsp3) is 0.348. The smallest absolute Gasteiger partial charge is 0.227 e. The monoisotopic (exact) mass is 427 g/mol. The Morgan fingerprint density at radius 2 is 1.90 bits per heavy atom. The van der Waals surface area contributed by atoms with E-state index >= 15 is 0 Å². The molecule has 0 aliphatic rings. The molecule has 6 nitrogen and oxygen atoms in total. The quantitative estimate of drug-likeness (QED) is 0.575. The summed E-state index contributed by atoms with van der Waals surface area (Å²) in [6.07, 6.45) is 0.282. The van der Waals surface area contributed by atoms with Crippen LogP contribution in [0, 0.1) is 17.2 Å². The minimum absolute atomic E-state index is 0.0257. The zero-order chi connectivity index (χ0) is 21.9. The average molecular weight is 428 g/mol. The molecule has 2 aromatic rings. The van der Waals surface area contributed by atoms with Crippen LogP contribution in [0.5, 0.6) is 5.75 Å². The van der Waals surface area contributed by atoms with Gasteiger partial charge < -0.3 is 15.0 Å². The topological polar surface area (TPSA) is 82.4 Å². The van der Waals surface area contributed by atoms with Crippen LogP contribution >= 0.6 is 11.6 Å². The van der Waals surface area contributed by atoms with Crippen LogP contribution in [0.4, 0.5) is 11.4 Å². The molecule has 7 heteroatoms. The number of anilines is 2. The number of hydrogen-bond acceptors (Lipinski definition) is 4. The Morgan fingerprint density at radius 1 is 1.17 bits per heavy atom. The molecule has 0 aliphatic carbocycles. The number of nitriles is 1. The molecule has 1 N–H and O–H groups in total. The van der Waals surface area contributed by atoms with Crippen molar-refractivity contribution in [1.29, 1.82) is 5.26 Å². The summed E-state index contributed by atoms with van der Waals surface area (Å²) in [7, 11) is 0. The number of ether oxygens (including phenoxy) is 1. The SMILES string of the molecule is CC(C)COc1ccc(NC(=O)CCC(=O)N(CCC#N)c2ccccc2)cc1Cl. The molecule has 0 heterocycles. The Balaban J connectivity index is 1.92. The van der Waals surface area contributed by atoms with Gasteiger partial charge in [-0.05, 0) is 36.2 Å². The molecular formula is C23H26ClN3O3. The van der Waals surface area contributed by atoms with Crippen molar-refractivity contribution < 1.29 is 14.3 Å². The fourth-order valence-corrected chi connectivity index (χ4v) is 2.93. The number of para-hydroxylation sites is 1. The molecule has 30 heavy (non-hydrogen) atoms. The lowest BCUT2D eigenvalue weighted by molar-refractivity contribution is -0.122. The predicted molar refractivity (Wildman–Crippen MR) is 119 cm³/mol. The normalized spacial score (nSPS) is 10.4. The molecule has 0 atom stereocenters. The molecule has 158 valence electrons. The Labute approximate surface area is 182 Å². The standard InChI is InChI=1S/C23H26ClN3O3/c1-17(2)16-30-21-10-9-18(15-20(21)24)26-22(28)11-12-23(29)27(14-6-13-25)19-7-4-3-5-8-19/h3-5,7-10,15,17H,6,11-12,14,16H2,1-2H3,(H,26,28). The number of carbonyl (C=O) groups is 2. The molecule has 0 unspecified atom stereocenters. The molecule has 0 radical (unpaired) electrons. The lowest BCUT2D eigenvalue weighted by atomic mass is 10.2. The molecule has 0 bridgehead atoms. The zero-order valence-corrected chi connectivity index (χ0v) is 18.0.